The Morgan fingerprint density at radius 3 is 2.45 bits per heavy atom. The molecule has 1 heterocycles. The molecule has 0 bridgehead atoms. The quantitative estimate of drug-likeness (QED) is 0.758. The molecule has 7 heteroatoms. The number of carbonyl (C=O) groups is 3. The first-order chi connectivity index (χ1) is 9.47. The van der Waals surface area contributed by atoms with Crippen LogP contribution in [0.3, 0.4) is 0 Å². The van der Waals surface area contributed by atoms with Crippen LogP contribution in [0.1, 0.15) is 16.8 Å². The number of likely N-dealkylation sites (N-methyl/N-ethyl adjacent to an activating group) is 1. The Hall–Kier alpha value is -2.57. The van der Waals surface area contributed by atoms with Crippen molar-refractivity contribution in [2.24, 2.45) is 0 Å². The van der Waals surface area contributed by atoms with Crippen LogP contribution in [0, 0.1) is 0 Å². The molecule has 7 nitrogen and oxygen atoms in total. The fourth-order valence-corrected chi connectivity index (χ4v) is 1.98. The predicted molar refractivity (Wildman–Crippen MR) is 71.6 cm³/mol. The standard InChI is InChI=1S/C13H15N3O4/c1-16-7-6-10(11(16)17)15-13(20)14-9-4-2-8(3-5-9)12(18)19/h2-5,10H,6-7H2,1H3,(H,18,19)(H2,14,15,20). The molecule has 3 amide bonds. The van der Waals surface area contributed by atoms with Crippen LogP contribution >= 0.6 is 0 Å². The summed E-state index contributed by atoms with van der Waals surface area (Å²) in [6.45, 7) is 0.622. The van der Waals surface area contributed by atoms with Gasteiger partial charge >= 0.3 is 12.0 Å². The first-order valence-corrected chi connectivity index (χ1v) is 6.13. The molecule has 1 atom stereocenters. The van der Waals surface area contributed by atoms with Crippen molar-refractivity contribution >= 4 is 23.6 Å². The van der Waals surface area contributed by atoms with Gasteiger partial charge < -0.3 is 20.6 Å². The summed E-state index contributed by atoms with van der Waals surface area (Å²) in [6, 6.07) is 4.79. The van der Waals surface area contributed by atoms with Crippen LogP contribution in [0.5, 0.6) is 0 Å². The summed E-state index contributed by atoms with van der Waals surface area (Å²) in [4.78, 5) is 35.6. The molecule has 0 aromatic heterocycles. The number of hydrogen-bond acceptors (Lipinski definition) is 3. The van der Waals surface area contributed by atoms with E-state index in [0.717, 1.165) is 0 Å². The number of anilines is 1. The molecule has 3 N–H and O–H groups in total. The van der Waals surface area contributed by atoms with E-state index in [1.54, 1.807) is 11.9 Å². The highest BCUT2D eigenvalue weighted by Gasteiger charge is 2.30. The van der Waals surface area contributed by atoms with Crippen molar-refractivity contribution < 1.29 is 19.5 Å². The molecule has 1 aromatic rings. The average Bonchev–Trinajstić information content (AvgIpc) is 2.71. The highest BCUT2D eigenvalue weighted by Crippen LogP contribution is 2.11. The number of carboxylic acids is 1. The number of aromatic carboxylic acids is 1. The zero-order valence-corrected chi connectivity index (χ0v) is 10.9. The van der Waals surface area contributed by atoms with Gasteiger partial charge in [0.1, 0.15) is 6.04 Å². The van der Waals surface area contributed by atoms with E-state index < -0.39 is 18.0 Å². The van der Waals surface area contributed by atoms with Crippen LogP contribution in [0.2, 0.25) is 0 Å². The van der Waals surface area contributed by atoms with Gasteiger partial charge in [-0.25, -0.2) is 9.59 Å². The Balaban J connectivity index is 1.91. The van der Waals surface area contributed by atoms with Crippen molar-refractivity contribution in [2.75, 3.05) is 18.9 Å². The molecular formula is C13H15N3O4. The topological polar surface area (TPSA) is 98.7 Å². The molecule has 0 saturated carbocycles. The van der Waals surface area contributed by atoms with Gasteiger partial charge in [-0.2, -0.15) is 0 Å². The summed E-state index contributed by atoms with van der Waals surface area (Å²) >= 11 is 0. The molecule has 0 spiro atoms. The zero-order valence-electron chi connectivity index (χ0n) is 10.9. The number of carboxylic acid groups (broad SMARTS) is 1. The number of likely N-dealkylation sites (tertiary alicyclic amines) is 1. The first kappa shape index (κ1) is 13.9. The Kier molecular flexibility index (Phi) is 3.88. The largest absolute Gasteiger partial charge is 0.478 e. The highest BCUT2D eigenvalue weighted by atomic mass is 16.4. The first-order valence-electron chi connectivity index (χ1n) is 6.13. The van der Waals surface area contributed by atoms with E-state index >= 15 is 0 Å². The van der Waals surface area contributed by atoms with E-state index in [2.05, 4.69) is 10.6 Å². The minimum atomic E-state index is -1.03. The summed E-state index contributed by atoms with van der Waals surface area (Å²) in [5.41, 5.74) is 0.606. The van der Waals surface area contributed by atoms with Crippen LogP contribution in [-0.4, -0.2) is 47.5 Å². The molecule has 1 fully saturated rings. The van der Waals surface area contributed by atoms with Gasteiger partial charge in [0.2, 0.25) is 5.91 Å². The maximum absolute atomic E-state index is 11.7. The molecule has 1 saturated heterocycles. The van der Waals surface area contributed by atoms with Crippen molar-refractivity contribution in [3.63, 3.8) is 0 Å². The molecule has 20 heavy (non-hydrogen) atoms. The second-order valence-corrected chi connectivity index (χ2v) is 4.58. The lowest BCUT2D eigenvalue weighted by Gasteiger charge is -2.13. The Morgan fingerprint density at radius 1 is 1.30 bits per heavy atom. The second kappa shape index (κ2) is 5.60. The molecule has 0 aliphatic carbocycles. The number of nitrogens with one attached hydrogen (secondary N) is 2. The van der Waals surface area contributed by atoms with E-state index in [-0.39, 0.29) is 11.5 Å². The Labute approximate surface area is 115 Å². The fraction of sp³-hybridized carbons (Fsp3) is 0.308. The van der Waals surface area contributed by atoms with Crippen molar-refractivity contribution in [3.05, 3.63) is 29.8 Å². The lowest BCUT2D eigenvalue weighted by atomic mass is 10.2. The third kappa shape index (κ3) is 3.05. The summed E-state index contributed by atoms with van der Waals surface area (Å²) < 4.78 is 0. The summed E-state index contributed by atoms with van der Waals surface area (Å²) in [5.74, 6) is -1.14. The maximum atomic E-state index is 11.7. The van der Waals surface area contributed by atoms with Gasteiger partial charge in [0.25, 0.3) is 0 Å². The third-order valence-corrected chi connectivity index (χ3v) is 3.12. The van der Waals surface area contributed by atoms with Gasteiger partial charge in [0.15, 0.2) is 0 Å². The van der Waals surface area contributed by atoms with Crippen molar-refractivity contribution in [1.82, 2.24) is 10.2 Å². The lowest BCUT2D eigenvalue weighted by molar-refractivity contribution is -0.128. The Bertz CT molecular complexity index is 541. The van der Waals surface area contributed by atoms with E-state index in [9.17, 15) is 14.4 Å². The molecule has 106 valence electrons. The van der Waals surface area contributed by atoms with Gasteiger partial charge in [0, 0.05) is 19.3 Å². The van der Waals surface area contributed by atoms with Crippen LogP contribution in [0.25, 0.3) is 0 Å². The van der Waals surface area contributed by atoms with Gasteiger partial charge in [-0.1, -0.05) is 0 Å². The average molecular weight is 277 g/mol. The van der Waals surface area contributed by atoms with Crippen LogP contribution in [0.4, 0.5) is 10.5 Å². The number of carbonyl (C=O) groups excluding carboxylic acids is 2. The zero-order chi connectivity index (χ0) is 14.7. The fourth-order valence-electron chi connectivity index (χ4n) is 1.98. The monoisotopic (exact) mass is 277 g/mol. The van der Waals surface area contributed by atoms with E-state index in [4.69, 9.17) is 5.11 Å². The number of amides is 3. The molecule has 1 aliphatic heterocycles. The number of benzene rings is 1. The summed E-state index contributed by atoms with van der Waals surface area (Å²) in [5, 5.41) is 13.9. The number of urea groups is 1. The third-order valence-electron chi connectivity index (χ3n) is 3.12. The summed E-state index contributed by atoms with van der Waals surface area (Å²) in [6.07, 6.45) is 0.584. The van der Waals surface area contributed by atoms with E-state index in [1.807, 2.05) is 0 Å². The molecular weight excluding hydrogens is 262 g/mol. The minimum Gasteiger partial charge on any atom is -0.478 e. The molecule has 1 aromatic carbocycles. The van der Waals surface area contributed by atoms with E-state index in [1.165, 1.54) is 24.3 Å². The smallest absolute Gasteiger partial charge is 0.335 e. The van der Waals surface area contributed by atoms with Crippen molar-refractivity contribution in [3.8, 4) is 0 Å². The van der Waals surface area contributed by atoms with Gasteiger partial charge in [-0.05, 0) is 30.7 Å². The van der Waals surface area contributed by atoms with Crippen LogP contribution in [0.15, 0.2) is 24.3 Å². The normalized spacial score (nSPS) is 17.9. The van der Waals surface area contributed by atoms with E-state index in [0.29, 0.717) is 18.7 Å². The van der Waals surface area contributed by atoms with Gasteiger partial charge in [-0.15, -0.1) is 0 Å². The second-order valence-electron chi connectivity index (χ2n) is 4.58. The van der Waals surface area contributed by atoms with Crippen molar-refractivity contribution in [1.29, 1.82) is 0 Å². The highest BCUT2D eigenvalue weighted by molar-refractivity contribution is 5.95. The number of nitrogens with zero attached hydrogens (tertiary/aromatic N) is 1. The SMILES string of the molecule is CN1CCC(NC(=O)Nc2ccc(C(=O)O)cc2)C1=O. The maximum Gasteiger partial charge on any atom is 0.335 e. The summed E-state index contributed by atoms with van der Waals surface area (Å²) in [7, 11) is 1.69. The van der Waals surface area contributed by atoms with Gasteiger partial charge in [0.05, 0.1) is 5.56 Å². The molecule has 2 rings (SSSR count). The molecule has 0 radical (unpaired) electrons. The predicted octanol–water partition coefficient (Wildman–Crippen LogP) is 0.737. The van der Waals surface area contributed by atoms with Crippen molar-refractivity contribution in [2.45, 2.75) is 12.5 Å². The number of rotatable bonds is 3. The lowest BCUT2D eigenvalue weighted by Crippen LogP contribution is -2.42. The van der Waals surface area contributed by atoms with Crippen LogP contribution < -0.4 is 10.6 Å². The molecule has 1 unspecified atom stereocenters. The minimum absolute atomic E-state index is 0.110. The van der Waals surface area contributed by atoms with Crippen LogP contribution in [-0.2, 0) is 4.79 Å². The number of hydrogen-bond donors (Lipinski definition) is 3. The Morgan fingerprint density at radius 2 is 1.95 bits per heavy atom. The molecule has 1 aliphatic rings. The van der Waals surface area contributed by atoms with Gasteiger partial charge in [-0.3, -0.25) is 4.79 Å².